The number of hydrogen-bond acceptors (Lipinski definition) is 7. The number of carbonyl (C=O) groups excluding carboxylic acids is 2. The van der Waals surface area contributed by atoms with Gasteiger partial charge in [0.1, 0.15) is 12.2 Å². The van der Waals surface area contributed by atoms with Crippen LogP contribution in [0.1, 0.15) is 32.0 Å². The average Bonchev–Trinajstić information content (AvgIpc) is 2.71. The molecule has 8 nitrogen and oxygen atoms in total. The number of nitrogens with zero attached hydrogens (tertiary/aromatic N) is 2. The normalized spacial score (nSPS) is 10.6. The molecule has 9 heteroatoms. The largest absolute Gasteiger partial charge is 0.465 e. The lowest BCUT2D eigenvalue weighted by Crippen LogP contribution is -2.14. The molecule has 148 valence electrons. The Bertz CT molecular complexity index is 1150. The number of fused-ring (bicyclic) bond motifs is 1. The number of aryl methyl sites for hydroxylation is 1. The molecule has 0 spiro atoms. The second-order valence-electron chi connectivity index (χ2n) is 6.06. The summed E-state index contributed by atoms with van der Waals surface area (Å²) in [5.41, 5.74) is 0.893. The zero-order valence-corrected chi connectivity index (χ0v) is 16.2. The Hall–Kier alpha value is -3.52. The number of ether oxygens (including phenoxy) is 2. The second kappa shape index (κ2) is 8.24. The van der Waals surface area contributed by atoms with Crippen LogP contribution in [-0.4, -0.2) is 29.0 Å². The van der Waals surface area contributed by atoms with Gasteiger partial charge >= 0.3 is 11.9 Å². The predicted molar refractivity (Wildman–Crippen MR) is 105 cm³/mol. The van der Waals surface area contributed by atoms with Crippen LogP contribution in [0, 0.1) is 17.0 Å². The molecule has 0 amide bonds. The Labute approximate surface area is 170 Å². The maximum Gasteiger partial charge on any atom is 0.345 e. The highest BCUT2D eigenvalue weighted by Gasteiger charge is 2.24. The zero-order chi connectivity index (χ0) is 21.1. The highest BCUT2D eigenvalue weighted by atomic mass is 35.5. The fraction of sp³-hybridized carbons (Fsp3) is 0.150. The van der Waals surface area contributed by atoms with Crippen molar-refractivity contribution < 1.29 is 24.0 Å². The molecule has 3 aromatic rings. The van der Waals surface area contributed by atoms with Gasteiger partial charge in [0.2, 0.25) is 0 Å². The van der Waals surface area contributed by atoms with Crippen LogP contribution in [0.5, 0.6) is 0 Å². The summed E-state index contributed by atoms with van der Waals surface area (Å²) < 4.78 is 10.1. The number of halogens is 1. The van der Waals surface area contributed by atoms with E-state index in [0.29, 0.717) is 11.1 Å². The molecule has 0 atom stereocenters. The van der Waals surface area contributed by atoms with Crippen LogP contribution in [0.25, 0.3) is 10.9 Å². The van der Waals surface area contributed by atoms with Crippen LogP contribution < -0.4 is 0 Å². The molecule has 29 heavy (non-hydrogen) atoms. The third-order valence-electron chi connectivity index (χ3n) is 4.33. The number of nitro groups is 1. The molecule has 2 aromatic carbocycles. The molecular formula is C20H15ClN2O6. The predicted octanol–water partition coefficient (Wildman–Crippen LogP) is 4.25. The summed E-state index contributed by atoms with van der Waals surface area (Å²) >= 11 is 5.77. The second-order valence-corrected chi connectivity index (χ2v) is 6.50. The molecule has 0 bridgehead atoms. The lowest BCUT2D eigenvalue weighted by atomic mass is 10.0. The van der Waals surface area contributed by atoms with Gasteiger partial charge < -0.3 is 9.47 Å². The van der Waals surface area contributed by atoms with Crippen molar-refractivity contribution in [2.45, 2.75) is 13.5 Å². The number of esters is 2. The topological polar surface area (TPSA) is 109 Å². The van der Waals surface area contributed by atoms with Gasteiger partial charge in [-0.3, -0.25) is 10.1 Å². The summed E-state index contributed by atoms with van der Waals surface area (Å²) in [7, 11) is 1.24. The van der Waals surface area contributed by atoms with Crippen LogP contribution in [-0.2, 0) is 16.1 Å². The summed E-state index contributed by atoms with van der Waals surface area (Å²) in [6.07, 6.45) is 0. The van der Waals surface area contributed by atoms with E-state index in [-0.39, 0.29) is 28.5 Å². The van der Waals surface area contributed by atoms with Crippen LogP contribution in [0.4, 0.5) is 5.69 Å². The summed E-state index contributed by atoms with van der Waals surface area (Å²) in [5, 5.41) is 12.1. The molecule has 0 unspecified atom stereocenters. The van der Waals surface area contributed by atoms with Crippen LogP contribution in [0.2, 0.25) is 5.02 Å². The van der Waals surface area contributed by atoms with Crippen LogP contribution in [0.3, 0.4) is 0 Å². The number of pyridine rings is 1. The molecule has 0 aliphatic carbocycles. The van der Waals surface area contributed by atoms with Crippen molar-refractivity contribution in [3.8, 4) is 0 Å². The van der Waals surface area contributed by atoms with E-state index in [4.69, 9.17) is 21.1 Å². The highest BCUT2D eigenvalue weighted by molar-refractivity contribution is 6.31. The molecule has 0 aliphatic heterocycles. The van der Waals surface area contributed by atoms with E-state index in [0.717, 1.165) is 11.5 Å². The van der Waals surface area contributed by atoms with E-state index < -0.39 is 22.5 Å². The van der Waals surface area contributed by atoms with Gasteiger partial charge in [0, 0.05) is 16.5 Å². The van der Waals surface area contributed by atoms with Crippen molar-refractivity contribution in [1.29, 1.82) is 0 Å². The smallest absolute Gasteiger partial charge is 0.345 e. The maximum absolute atomic E-state index is 12.4. The van der Waals surface area contributed by atoms with Gasteiger partial charge in [-0.1, -0.05) is 29.8 Å². The first kappa shape index (κ1) is 20.2. The highest BCUT2D eigenvalue weighted by Crippen LogP contribution is 2.26. The van der Waals surface area contributed by atoms with Crippen molar-refractivity contribution in [1.82, 2.24) is 4.98 Å². The maximum atomic E-state index is 12.4. The minimum atomic E-state index is -0.934. The summed E-state index contributed by atoms with van der Waals surface area (Å²) in [6, 6.07) is 10.8. The first-order valence-electron chi connectivity index (χ1n) is 8.41. The Morgan fingerprint density at radius 1 is 1.17 bits per heavy atom. The standard InChI is InChI=1S/C20H15ClN2O6/c1-11-13-5-3-4-6-15(13)22-16(18(11)20(25)28-2)10-29-19(24)14-8-7-12(21)9-17(14)23(26)27/h3-9H,10H2,1-2H3. The van der Waals surface area contributed by atoms with Crippen molar-refractivity contribution in [2.24, 2.45) is 0 Å². The summed E-state index contributed by atoms with van der Waals surface area (Å²) in [4.78, 5) is 39.6. The Morgan fingerprint density at radius 3 is 2.59 bits per heavy atom. The van der Waals surface area contributed by atoms with E-state index in [9.17, 15) is 19.7 Å². The van der Waals surface area contributed by atoms with Crippen molar-refractivity contribution in [3.05, 3.63) is 80.0 Å². The fourth-order valence-corrected chi connectivity index (χ4v) is 3.12. The summed E-state index contributed by atoms with van der Waals surface area (Å²) in [6.45, 7) is 1.38. The van der Waals surface area contributed by atoms with Gasteiger partial charge in [-0.05, 0) is 30.7 Å². The third kappa shape index (κ3) is 4.02. The Morgan fingerprint density at radius 2 is 1.90 bits per heavy atom. The number of rotatable bonds is 5. The fourth-order valence-electron chi connectivity index (χ4n) is 2.96. The third-order valence-corrected chi connectivity index (χ3v) is 4.57. The molecule has 3 rings (SSSR count). The van der Waals surface area contributed by atoms with Gasteiger partial charge in [-0.15, -0.1) is 0 Å². The first-order chi connectivity index (χ1) is 13.8. The van der Waals surface area contributed by atoms with E-state index in [2.05, 4.69) is 4.98 Å². The first-order valence-corrected chi connectivity index (χ1v) is 8.79. The number of benzene rings is 2. The van der Waals surface area contributed by atoms with Crippen LogP contribution in [0.15, 0.2) is 42.5 Å². The SMILES string of the molecule is COC(=O)c1c(COC(=O)c2ccc(Cl)cc2[N+](=O)[O-])nc2ccccc2c1C. The van der Waals surface area contributed by atoms with Crippen molar-refractivity contribution >= 4 is 40.1 Å². The number of hydrogen-bond donors (Lipinski definition) is 0. The number of carbonyl (C=O) groups is 2. The number of aromatic nitrogens is 1. The van der Waals surface area contributed by atoms with Gasteiger partial charge in [-0.2, -0.15) is 0 Å². The molecule has 0 saturated carbocycles. The Balaban J connectivity index is 1.98. The van der Waals surface area contributed by atoms with E-state index in [1.165, 1.54) is 19.2 Å². The lowest BCUT2D eigenvalue weighted by Gasteiger charge is -2.13. The van der Waals surface area contributed by atoms with Gasteiger partial charge in [0.15, 0.2) is 0 Å². The monoisotopic (exact) mass is 414 g/mol. The van der Waals surface area contributed by atoms with Crippen molar-refractivity contribution in [3.63, 3.8) is 0 Å². The van der Waals surface area contributed by atoms with Gasteiger partial charge in [0.25, 0.3) is 5.69 Å². The number of nitro benzene ring substituents is 1. The van der Waals surface area contributed by atoms with E-state index in [1.54, 1.807) is 19.1 Å². The van der Waals surface area contributed by atoms with Crippen LogP contribution >= 0.6 is 11.6 Å². The number of methoxy groups -OCH3 is 1. The molecular weight excluding hydrogens is 400 g/mol. The minimum absolute atomic E-state index is 0.119. The Kier molecular flexibility index (Phi) is 5.74. The molecule has 0 fully saturated rings. The van der Waals surface area contributed by atoms with E-state index in [1.807, 2.05) is 12.1 Å². The van der Waals surface area contributed by atoms with E-state index >= 15 is 0 Å². The quantitative estimate of drug-likeness (QED) is 0.348. The molecule has 0 radical (unpaired) electrons. The molecule has 1 heterocycles. The molecule has 1 aromatic heterocycles. The molecule has 0 saturated heterocycles. The molecule has 0 N–H and O–H groups in total. The summed E-state index contributed by atoms with van der Waals surface area (Å²) in [5.74, 6) is -1.55. The average molecular weight is 415 g/mol. The van der Waals surface area contributed by atoms with Gasteiger partial charge in [0.05, 0.1) is 28.8 Å². The zero-order valence-electron chi connectivity index (χ0n) is 15.5. The van der Waals surface area contributed by atoms with Crippen molar-refractivity contribution in [2.75, 3.05) is 7.11 Å². The minimum Gasteiger partial charge on any atom is -0.465 e. The lowest BCUT2D eigenvalue weighted by molar-refractivity contribution is -0.385. The molecule has 0 aliphatic rings. The van der Waals surface area contributed by atoms with Gasteiger partial charge in [-0.25, -0.2) is 14.6 Å². The number of para-hydroxylation sites is 1.